The van der Waals surface area contributed by atoms with Crippen molar-refractivity contribution in [3.63, 3.8) is 0 Å². The lowest BCUT2D eigenvalue weighted by Gasteiger charge is -2.17. The number of ether oxygens (including phenoxy) is 1. The van der Waals surface area contributed by atoms with E-state index in [-0.39, 0.29) is 24.6 Å². The van der Waals surface area contributed by atoms with Crippen molar-refractivity contribution in [2.24, 2.45) is 0 Å². The van der Waals surface area contributed by atoms with Crippen LogP contribution in [0.5, 0.6) is 0 Å². The second kappa shape index (κ2) is 6.12. The van der Waals surface area contributed by atoms with Crippen molar-refractivity contribution < 1.29 is 19.4 Å². The maximum Gasteiger partial charge on any atom is 0.306 e. The molecule has 0 amide bonds. The van der Waals surface area contributed by atoms with Gasteiger partial charge in [-0.25, -0.2) is 0 Å². The predicted octanol–water partition coefficient (Wildman–Crippen LogP) is 0.356. The lowest BCUT2D eigenvalue weighted by Crippen LogP contribution is -2.33. The number of Topliss-reactive ketones (excluding diaryl/α,β-unsaturated/α-hetero) is 1. The van der Waals surface area contributed by atoms with Gasteiger partial charge in [0.15, 0.2) is 0 Å². The summed E-state index contributed by atoms with van der Waals surface area (Å²) in [5.41, 5.74) is -0.679. The van der Waals surface area contributed by atoms with Gasteiger partial charge in [-0.2, -0.15) is 0 Å². The van der Waals surface area contributed by atoms with Crippen molar-refractivity contribution in [2.75, 3.05) is 26.2 Å². The van der Waals surface area contributed by atoms with Crippen LogP contribution in [0.4, 0.5) is 0 Å². The SMILES string of the molecule is CCOC(=O)CCC(=O)CN1CCC(C)(O)C1. The summed E-state index contributed by atoms with van der Waals surface area (Å²) in [5, 5.41) is 9.74. The van der Waals surface area contributed by atoms with E-state index in [1.165, 1.54) is 0 Å². The van der Waals surface area contributed by atoms with E-state index < -0.39 is 5.60 Å². The molecule has 1 fully saturated rings. The molecular weight excluding hydrogens is 222 g/mol. The van der Waals surface area contributed by atoms with Crippen molar-refractivity contribution in [2.45, 2.75) is 38.7 Å². The molecular formula is C12H21NO4. The van der Waals surface area contributed by atoms with Gasteiger partial charge in [-0.1, -0.05) is 0 Å². The Balaban J connectivity index is 2.20. The van der Waals surface area contributed by atoms with E-state index in [4.69, 9.17) is 4.74 Å². The number of carbonyl (C=O) groups is 2. The third-order valence-electron chi connectivity index (χ3n) is 2.84. The molecule has 98 valence electrons. The van der Waals surface area contributed by atoms with Crippen LogP contribution < -0.4 is 0 Å². The lowest BCUT2D eigenvalue weighted by atomic mass is 10.1. The predicted molar refractivity (Wildman–Crippen MR) is 62.6 cm³/mol. The average molecular weight is 243 g/mol. The minimum atomic E-state index is -0.679. The Morgan fingerprint density at radius 1 is 1.41 bits per heavy atom. The summed E-state index contributed by atoms with van der Waals surface area (Å²) in [4.78, 5) is 24.6. The Morgan fingerprint density at radius 2 is 2.12 bits per heavy atom. The number of esters is 1. The summed E-state index contributed by atoms with van der Waals surface area (Å²) >= 11 is 0. The molecule has 0 saturated carbocycles. The zero-order valence-corrected chi connectivity index (χ0v) is 10.6. The molecule has 0 aromatic heterocycles. The fourth-order valence-corrected chi connectivity index (χ4v) is 1.98. The second-order valence-corrected chi connectivity index (χ2v) is 4.80. The first-order valence-corrected chi connectivity index (χ1v) is 6.05. The molecule has 5 heteroatoms. The third-order valence-corrected chi connectivity index (χ3v) is 2.84. The number of rotatable bonds is 6. The van der Waals surface area contributed by atoms with Crippen LogP contribution in [0, 0.1) is 0 Å². The van der Waals surface area contributed by atoms with Gasteiger partial charge in [-0.3, -0.25) is 14.5 Å². The van der Waals surface area contributed by atoms with E-state index in [0.717, 1.165) is 6.54 Å². The summed E-state index contributed by atoms with van der Waals surface area (Å²) in [7, 11) is 0. The maximum absolute atomic E-state index is 11.6. The molecule has 0 aromatic carbocycles. The fourth-order valence-electron chi connectivity index (χ4n) is 1.98. The molecule has 0 aliphatic carbocycles. The topological polar surface area (TPSA) is 66.8 Å². The Labute approximate surface area is 102 Å². The third kappa shape index (κ3) is 5.28. The first-order valence-electron chi connectivity index (χ1n) is 6.05. The van der Waals surface area contributed by atoms with Crippen LogP contribution in [0.2, 0.25) is 0 Å². The standard InChI is InChI=1S/C12H21NO4/c1-3-17-11(15)5-4-10(14)8-13-7-6-12(2,16)9-13/h16H,3-9H2,1-2H3. The smallest absolute Gasteiger partial charge is 0.306 e. The van der Waals surface area contributed by atoms with Gasteiger partial charge >= 0.3 is 5.97 Å². The van der Waals surface area contributed by atoms with Crippen LogP contribution in [0.1, 0.15) is 33.1 Å². The molecule has 0 aromatic rings. The molecule has 17 heavy (non-hydrogen) atoms. The first-order chi connectivity index (χ1) is 7.93. The molecule has 1 N–H and O–H groups in total. The minimum absolute atomic E-state index is 0.0238. The Kier molecular flexibility index (Phi) is 5.08. The minimum Gasteiger partial charge on any atom is -0.466 e. The molecule has 1 heterocycles. The maximum atomic E-state index is 11.6. The van der Waals surface area contributed by atoms with Crippen molar-refractivity contribution in [1.82, 2.24) is 4.90 Å². The van der Waals surface area contributed by atoms with Crippen LogP contribution in [0.25, 0.3) is 0 Å². The van der Waals surface area contributed by atoms with Crippen molar-refractivity contribution >= 4 is 11.8 Å². The van der Waals surface area contributed by atoms with Gasteiger partial charge in [0.1, 0.15) is 5.78 Å². The first kappa shape index (κ1) is 14.1. The molecule has 0 bridgehead atoms. The lowest BCUT2D eigenvalue weighted by molar-refractivity contribution is -0.144. The zero-order valence-electron chi connectivity index (χ0n) is 10.6. The number of ketones is 1. The largest absolute Gasteiger partial charge is 0.466 e. The van der Waals surface area contributed by atoms with Gasteiger partial charge in [-0.15, -0.1) is 0 Å². The van der Waals surface area contributed by atoms with Crippen LogP contribution >= 0.6 is 0 Å². The molecule has 5 nitrogen and oxygen atoms in total. The van der Waals surface area contributed by atoms with E-state index in [1.54, 1.807) is 13.8 Å². The number of nitrogens with zero attached hydrogens (tertiary/aromatic N) is 1. The molecule has 0 radical (unpaired) electrons. The monoisotopic (exact) mass is 243 g/mol. The van der Waals surface area contributed by atoms with E-state index in [2.05, 4.69) is 0 Å². The molecule has 1 aliphatic heterocycles. The van der Waals surface area contributed by atoms with E-state index >= 15 is 0 Å². The van der Waals surface area contributed by atoms with Crippen LogP contribution in [-0.2, 0) is 14.3 Å². The molecule has 1 atom stereocenters. The number of carbonyl (C=O) groups excluding carboxylic acids is 2. The number of likely N-dealkylation sites (tertiary alicyclic amines) is 1. The van der Waals surface area contributed by atoms with Crippen molar-refractivity contribution in [3.05, 3.63) is 0 Å². The van der Waals surface area contributed by atoms with E-state index in [1.807, 2.05) is 4.90 Å². The molecule has 1 unspecified atom stereocenters. The van der Waals surface area contributed by atoms with Gasteiger partial charge in [0.2, 0.25) is 0 Å². The summed E-state index contributed by atoms with van der Waals surface area (Å²) in [6, 6.07) is 0. The van der Waals surface area contributed by atoms with Gasteiger partial charge < -0.3 is 9.84 Å². The molecule has 0 spiro atoms. The highest BCUT2D eigenvalue weighted by Gasteiger charge is 2.31. The number of aliphatic hydroxyl groups is 1. The van der Waals surface area contributed by atoms with Gasteiger partial charge in [0, 0.05) is 19.5 Å². The highest BCUT2D eigenvalue weighted by Crippen LogP contribution is 2.19. The Morgan fingerprint density at radius 3 is 2.65 bits per heavy atom. The molecule has 1 saturated heterocycles. The fraction of sp³-hybridized carbons (Fsp3) is 0.833. The summed E-state index contributed by atoms with van der Waals surface area (Å²) < 4.78 is 4.75. The van der Waals surface area contributed by atoms with Crippen LogP contribution in [-0.4, -0.2) is 53.6 Å². The Hall–Kier alpha value is -0.940. The number of β-amino-alcohol motifs (C(OH)–C–C–N with tert-alkyl or cyclic N) is 1. The quantitative estimate of drug-likeness (QED) is 0.682. The zero-order chi connectivity index (χ0) is 12.9. The average Bonchev–Trinajstić information content (AvgIpc) is 2.55. The van der Waals surface area contributed by atoms with Gasteiger partial charge in [0.25, 0.3) is 0 Å². The second-order valence-electron chi connectivity index (χ2n) is 4.80. The number of hydrogen-bond acceptors (Lipinski definition) is 5. The molecule has 1 aliphatic rings. The highest BCUT2D eigenvalue weighted by molar-refractivity contribution is 5.84. The Bertz CT molecular complexity index is 288. The molecule has 1 rings (SSSR count). The van der Waals surface area contributed by atoms with Crippen molar-refractivity contribution in [1.29, 1.82) is 0 Å². The highest BCUT2D eigenvalue weighted by atomic mass is 16.5. The van der Waals surface area contributed by atoms with Crippen LogP contribution in [0.3, 0.4) is 0 Å². The van der Waals surface area contributed by atoms with E-state index in [9.17, 15) is 14.7 Å². The summed E-state index contributed by atoms with van der Waals surface area (Å²) in [6.07, 6.45) is 1.06. The van der Waals surface area contributed by atoms with Gasteiger partial charge in [-0.05, 0) is 20.3 Å². The normalized spacial score (nSPS) is 24.9. The summed E-state index contributed by atoms with van der Waals surface area (Å²) in [5.74, 6) is -0.301. The van der Waals surface area contributed by atoms with Crippen molar-refractivity contribution in [3.8, 4) is 0 Å². The van der Waals surface area contributed by atoms with E-state index in [0.29, 0.717) is 26.1 Å². The van der Waals surface area contributed by atoms with Gasteiger partial charge in [0.05, 0.1) is 25.2 Å². The number of hydrogen-bond donors (Lipinski definition) is 1. The summed E-state index contributed by atoms with van der Waals surface area (Å²) in [6.45, 7) is 5.44. The van der Waals surface area contributed by atoms with Crippen LogP contribution in [0.15, 0.2) is 0 Å².